The van der Waals surface area contributed by atoms with E-state index in [9.17, 15) is 0 Å². The second-order valence-corrected chi connectivity index (χ2v) is 5.02. The first kappa shape index (κ1) is 11.8. The summed E-state index contributed by atoms with van der Waals surface area (Å²) in [6, 6.07) is 0. The van der Waals surface area contributed by atoms with Crippen molar-refractivity contribution in [2.24, 2.45) is 0 Å². The minimum atomic E-state index is -1.10. The molecule has 0 saturated carbocycles. The van der Waals surface area contributed by atoms with E-state index in [2.05, 4.69) is 0 Å². The lowest BCUT2D eigenvalue weighted by Gasteiger charge is -2.09. The smallest absolute Gasteiger partial charge is 0.190 e. The van der Waals surface area contributed by atoms with Gasteiger partial charge in [-0.2, -0.15) is 0 Å². The molecular weight excluding hydrogens is 206 g/mol. The monoisotopic (exact) mass is 218 g/mol. The van der Waals surface area contributed by atoms with Crippen LogP contribution in [0.15, 0.2) is 0 Å². The topological polar surface area (TPSA) is 20.2 Å². The average molecular weight is 220 g/mol. The van der Waals surface area contributed by atoms with Crippen molar-refractivity contribution in [2.75, 3.05) is 6.61 Å². The maximum Gasteiger partial charge on any atom is 0.190 e. The van der Waals surface area contributed by atoms with Gasteiger partial charge in [0.1, 0.15) is 0 Å². The summed E-state index contributed by atoms with van der Waals surface area (Å²) in [4.78, 5) is 0. The lowest BCUT2D eigenvalue weighted by atomic mass is 10.2. The van der Waals surface area contributed by atoms with Gasteiger partial charge in [0.25, 0.3) is 0 Å². The van der Waals surface area contributed by atoms with Crippen molar-refractivity contribution in [1.82, 2.24) is 0 Å². The molecule has 0 unspecified atom stereocenters. The van der Waals surface area contributed by atoms with Crippen molar-refractivity contribution in [3.05, 3.63) is 0 Å². The van der Waals surface area contributed by atoms with Crippen molar-refractivity contribution in [1.29, 1.82) is 0 Å². The Balaban J connectivity index is 3.02. The van der Waals surface area contributed by atoms with Gasteiger partial charge < -0.3 is 5.11 Å². The Hall–Kier alpha value is 0.830. The molecule has 68 valence electrons. The van der Waals surface area contributed by atoms with Crippen molar-refractivity contribution >= 4 is 34.8 Å². The molecule has 0 aliphatic heterocycles. The quantitative estimate of drug-likeness (QED) is 0.556. The number of halogens is 3. The van der Waals surface area contributed by atoms with Crippen LogP contribution in [0.2, 0.25) is 0 Å². The number of unbranched alkanes of at least 4 members (excludes halogenated alkanes) is 3. The Labute approximate surface area is 82.6 Å². The third-order valence-corrected chi connectivity index (χ3v) is 1.94. The fourth-order valence-corrected chi connectivity index (χ4v) is 1.19. The van der Waals surface area contributed by atoms with E-state index < -0.39 is 3.79 Å². The van der Waals surface area contributed by atoms with E-state index in [1.54, 1.807) is 0 Å². The molecule has 11 heavy (non-hydrogen) atoms. The van der Waals surface area contributed by atoms with Gasteiger partial charge in [-0.3, -0.25) is 0 Å². The zero-order valence-electron chi connectivity index (χ0n) is 6.32. The first-order valence-corrected chi connectivity index (χ1v) is 4.87. The van der Waals surface area contributed by atoms with Gasteiger partial charge in [0.15, 0.2) is 3.79 Å². The molecular formula is C7H13Cl3O. The lowest BCUT2D eigenvalue weighted by Crippen LogP contribution is -2.00. The lowest BCUT2D eigenvalue weighted by molar-refractivity contribution is 0.282. The number of rotatable bonds is 5. The van der Waals surface area contributed by atoms with Crippen molar-refractivity contribution < 1.29 is 5.11 Å². The van der Waals surface area contributed by atoms with Crippen molar-refractivity contribution in [3.8, 4) is 0 Å². The van der Waals surface area contributed by atoms with E-state index in [0.717, 1.165) is 25.7 Å². The molecule has 0 saturated heterocycles. The third-order valence-electron chi connectivity index (χ3n) is 1.37. The molecule has 0 bridgehead atoms. The summed E-state index contributed by atoms with van der Waals surface area (Å²) >= 11 is 16.6. The average Bonchev–Trinajstić information content (AvgIpc) is 1.85. The van der Waals surface area contributed by atoms with E-state index in [4.69, 9.17) is 39.9 Å². The molecule has 4 heteroatoms. The predicted octanol–water partition coefficient (Wildman–Crippen LogP) is 3.30. The summed E-state index contributed by atoms with van der Waals surface area (Å²) in [5, 5.41) is 8.45. The van der Waals surface area contributed by atoms with Crippen LogP contribution in [0.1, 0.15) is 32.1 Å². The Kier molecular flexibility index (Phi) is 6.84. The van der Waals surface area contributed by atoms with Crippen LogP contribution >= 0.6 is 34.8 Å². The zero-order valence-corrected chi connectivity index (χ0v) is 8.59. The second-order valence-electron chi connectivity index (χ2n) is 2.50. The Morgan fingerprint density at radius 2 is 1.45 bits per heavy atom. The Morgan fingerprint density at radius 1 is 0.909 bits per heavy atom. The van der Waals surface area contributed by atoms with Gasteiger partial charge in [0, 0.05) is 6.61 Å². The van der Waals surface area contributed by atoms with Crippen LogP contribution in [0.4, 0.5) is 0 Å². The highest BCUT2D eigenvalue weighted by molar-refractivity contribution is 6.67. The number of hydrogen-bond acceptors (Lipinski definition) is 1. The number of hydrogen-bond donors (Lipinski definition) is 1. The molecule has 0 radical (unpaired) electrons. The van der Waals surface area contributed by atoms with Gasteiger partial charge in [0.05, 0.1) is 0 Å². The summed E-state index contributed by atoms with van der Waals surface area (Å²) in [6.07, 6.45) is 4.39. The molecule has 0 spiro atoms. The minimum absolute atomic E-state index is 0.258. The molecule has 0 aromatic carbocycles. The summed E-state index contributed by atoms with van der Waals surface area (Å²) in [6.45, 7) is 0.258. The SMILES string of the molecule is OCCCCCCC(Cl)(Cl)Cl. The third kappa shape index (κ3) is 10.8. The van der Waals surface area contributed by atoms with Crippen molar-refractivity contribution in [3.63, 3.8) is 0 Å². The van der Waals surface area contributed by atoms with Gasteiger partial charge in [-0.05, 0) is 19.3 Å². The van der Waals surface area contributed by atoms with Gasteiger partial charge in [0.2, 0.25) is 0 Å². The van der Waals surface area contributed by atoms with E-state index in [0.29, 0.717) is 6.42 Å². The van der Waals surface area contributed by atoms with Gasteiger partial charge in [-0.1, -0.05) is 47.6 Å². The van der Waals surface area contributed by atoms with Crippen LogP contribution in [0.3, 0.4) is 0 Å². The predicted molar refractivity (Wildman–Crippen MR) is 50.5 cm³/mol. The highest BCUT2D eigenvalue weighted by atomic mass is 35.6. The van der Waals surface area contributed by atoms with Crippen LogP contribution < -0.4 is 0 Å². The van der Waals surface area contributed by atoms with Crippen LogP contribution in [-0.4, -0.2) is 15.5 Å². The maximum absolute atomic E-state index is 8.45. The second kappa shape index (κ2) is 6.36. The minimum Gasteiger partial charge on any atom is -0.396 e. The van der Waals surface area contributed by atoms with Crippen LogP contribution in [0, 0.1) is 0 Å². The largest absolute Gasteiger partial charge is 0.396 e. The molecule has 0 aromatic heterocycles. The first-order valence-electron chi connectivity index (χ1n) is 3.74. The highest BCUT2D eigenvalue weighted by Crippen LogP contribution is 2.31. The maximum atomic E-state index is 8.45. The number of aliphatic hydroxyl groups is 1. The molecule has 0 heterocycles. The molecule has 0 atom stereocenters. The van der Waals surface area contributed by atoms with Crippen LogP contribution in [-0.2, 0) is 0 Å². The molecule has 1 nitrogen and oxygen atoms in total. The van der Waals surface area contributed by atoms with Crippen LogP contribution in [0.5, 0.6) is 0 Å². The Bertz CT molecular complexity index is 90.2. The molecule has 0 aliphatic rings. The first-order chi connectivity index (χ1) is 5.06. The molecule has 0 amide bonds. The number of alkyl halides is 3. The molecule has 0 aromatic rings. The Morgan fingerprint density at radius 3 is 1.91 bits per heavy atom. The fourth-order valence-electron chi connectivity index (χ4n) is 0.791. The summed E-state index contributed by atoms with van der Waals surface area (Å²) in [5.74, 6) is 0. The molecule has 0 rings (SSSR count). The summed E-state index contributed by atoms with van der Waals surface area (Å²) in [7, 11) is 0. The summed E-state index contributed by atoms with van der Waals surface area (Å²) < 4.78 is -1.10. The van der Waals surface area contributed by atoms with Crippen LogP contribution in [0.25, 0.3) is 0 Å². The van der Waals surface area contributed by atoms with E-state index in [1.165, 1.54) is 0 Å². The van der Waals surface area contributed by atoms with Crippen molar-refractivity contribution in [2.45, 2.75) is 35.9 Å². The van der Waals surface area contributed by atoms with Gasteiger partial charge in [-0.15, -0.1) is 0 Å². The summed E-state index contributed by atoms with van der Waals surface area (Å²) in [5.41, 5.74) is 0. The molecule has 0 aliphatic carbocycles. The molecule has 1 N–H and O–H groups in total. The fraction of sp³-hybridized carbons (Fsp3) is 1.00. The molecule has 0 fully saturated rings. The standard InChI is InChI=1S/C7H13Cl3O/c8-7(9,10)5-3-1-2-4-6-11/h11H,1-6H2. The van der Waals surface area contributed by atoms with E-state index >= 15 is 0 Å². The highest BCUT2D eigenvalue weighted by Gasteiger charge is 2.17. The van der Waals surface area contributed by atoms with E-state index in [1.807, 2.05) is 0 Å². The van der Waals surface area contributed by atoms with E-state index in [-0.39, 0.29) is 6.61 Å². The van der Waals surface area contributed by atoms with Gasteiger partial charge >= 0.3 is 0 Å². The normalized spacial score (nSPS) is 12.0. The zero-order chi connectivity index (χ0) is 8.74. The van der Waals surface area contributed by atoms with Gasteiger partial charge in [-0.25, -0.2) is 0 Å². The number of aliphatic hydroxyl groups excluding tert-OH is 1.